The number of aryl methyl sites for hydroxylation is 2. The maximum Gasteiger partial charge on any atom is 0.244 e. The number of hydrogen-bond donors (Lipinski definition) is 0. The van der Waals surface area contributed by atoms with Gasteiger partial charge in [0, 0.05) is 64.7 Å². The van der Waals surface area contributed by atoms with Gasteiger partial charge in [0.2, 0.25) is 17.7 Å². The summed E-state index contributed by atoms with van der Waals surface area (Å²) in [5, 5.41) is 8.14. The zero-order valence-electron chi connectivity index (χ0n) is 18.5. The van der Waals surface area contributed by atoms with Gasteiger partial charge in [-0.25, -0.2) is 0 Å². The smallest absolute Gasteiger partial charge is 0.244 e. The lowest BCUT2D eigenvalue weighted by molar-refractivity contribution is -0.134. The minimum absolute atomic E-state index is 0.0934. The minimum Gasteiger partial charge on any atom is -0.340 e. The second kappa shape index (κ2) is 9.17. The van der Waals surface area contributed by atoms with Crippen LogP contribution in [0.25, 0.3) is 0 Å². The molecule has 31 heavy (non-hydrogen) atoms. The van der Waals surface area contributed by atoms with Crippen molar-refractivity contribution in [1.82, 2.24) is 29.7 Å². The molecule has 2 amide bonds. The molecule has 2 aromatic heterocycles. The normalized spacial score (nSPS) is 20.6. The Labute approximate surface area is 182 Å². The quantitative estimate of drug-likeness (QED) is 0.680. The highest BCUT2D eigenvalue weighted by atomic mass is 16.5. The average Bonchev–Trinajstić information content (AvgIpc) is 3.42. The van der Waals surface area contributed by atoms with Gasteiger partial charge in [-0.1, -0.05) is 19.0 Å². The molecule has 0 aromatic carbocycles. The van der Waals surface area contributed by atoms with Crippen LogP contribution >= 0.6 is 0 Å². The molecule has 10 nitrogen and oxygen atoms in total. The fraction of sp³-hybridized carbons (Fsp3) is 0.667. The summed E-state index contributed by atoms with van der Waals surface area (Å²) in [7, 11) is 1.85. The van der Waals surface area contributed by atoms with Crippen molar-refractivity contribution in [2.75, 3.05) is 37.6 Å². The fourth-order valence-electron chi connectivity index (χ4n) is 4.26. The fourth-order valence-corrected chi connectivity index (χ4v) is 4.26. The molecule has 0 radical (unpaired) electrons. The zero-order valence-corrected chi connectivity index (χ0v) is 18.5. The number of hydrogen-bond acceptors (Lipinski definition) is 7. The van der Waals surface area contributed by atoms with Gasteiger partial charge in [-0.05, 0) is 12.8 Å². The van der Waals surface area contributed by atoms with E-state index in [2.05, 4.69) is 20.1 Å². The van der Waals surface area contributed by atoms with Crippen LogP contribution in [0.15, 0.2) is 16.9 Å². The summed E-state index contributed by atoms with van der Waals surface area (Å²) in [5.74, 6) is 1.62. The molecule has 2 fully saturated rings. The topological polar surface area (TPSA) is 101 Å². The lowest BCUT2D eigenvalue weighted by Crippen LogP contribution is -2.58. The maximum absolute atomic E-state index is 13.1. The first-order chi connectivity index (χ1) is 14.9. The van der Waals surface area contributed by atoms with Crippen LogP contribution in [0.1, 0.15) is 50.7 Å². The summed E-state index contributed by atoms with van der Waals surface area (Å²) < 4.78 is 6.95. The van der Waals surface area contributed by atoms with E-state index in [1.54, 1.807) is 10.9 Å². The third kappa shape index (κ3) is 4.79. The van der Waals surface area contributed by atoms with Gasteiger partial charge in [0.25, 0.3) is 0 Å². The molecule has 0 bridgehead atoms. The van der Waals surface area contributed by atoms with E-state index < -0.39 is 0 Å². The van der Waals surface area contributed by atoms with Crippen molar-refractivity contribution >= 4 is 17.5 Å². The van der Waals surface area contributed by atoms with Crippen LogP contribution in [0, 0.1) is 0 Å². The summed E-state index contributed by atoms with van der Waals surface area (Å²) in [6.07, 6.45) is 6.26. The Morgan fingerprint density at radius 2 is 2.00 bits per heavy atom. The van der Waals surface area contributed by atoms with Crippen molar-refractivity contribution in [3.05, 3.63) is 24.1 Å². The Hall–Kier alpha value is -2.75. The number of piperidine rings is 1. The third-order valence-corrected chi connectivity index (χ3v) is 6.07. The van der Waals surface area contributed by atoms with Crippen LogP contribution in [0.2, 0.25) is 0 Å². The number of piperazine rings is 1. The molecule has 2 saturated heterocycles. The highest BCUT2D eigenvalue weighted by Gasteiger charge is 2.36. The Kier molecular flexibility index (Phi) is 6.35. The predicted octanol–water partition coefficient (Wildman–Crippen LogP) is 1.20. The number of nitrogens with zero attached hydrogens (tertiary/aromatic N) is 7. The van der Waals surface area contributed by atoms with Crippen molar-refractivity contribution in [2.24, 2.45) is 7.05 Å². The van der Waals surface area contributed by atoms with E-state index in [1.165, 1.54) is 0 Å². The highest BCUT2D eigenvalue weighted by molar-refractivity contribution is 5.97. The predicted molar refractivity (Wildman–Crippen MR) is 113 cm³/mol. The van der Waals surface area contributed by atoms with E-state index in [0.717, 1.165) is 25.1 Å². The van der Waals surface area contributed by atoms with Crippen molar-refractivity contribution in [3.8, 4) is 0 Å². The standard InChI is InChI=1S/C21H31N7O3/c1-15(2)20-23-18(31-24-20)6-7-19(29)27-11-9-26(10-12-27)17-5-4-8-28(21(17)30)16-13-22-25(3)14-16/h13-15,17H,4-12H2,1-3H3/t17-/m1/s1. The summed E-state index contributed by atoms with van der Waals surface area (Å²) >= 11 is 0. The molecule has 0 aliphatic carbocycles. The average molecular weight is 430 g/mol. The third-order valence-electron chi connectivity index (χ3n) is 6.07. The lowest BCUT2D eigenvalue weighted by Gasteiger charge is -2.42. The van der Waals surface area contributed by atoms with E-state index in [0.29, 0.717) is 50.7 Å². The first-order valence-electron chi connectivity index (χ1n) is 11.1. The molecule has 2 aromatic rings. The molecule has 1 atom stereocenters. The number of carbonyl (C=O) groups excluding carboxylic acids is 2. The number of aromatic nitrogens is 4. The van der Waals surface area contributed by atoms with Gasteiger partial charge in [0.15, 0.2) is 5.82 Å². The Bertz CT molecular complexity index is 914. The van der Waals surface area contributed by atoms with E-state index in [4.69, 9.17) is 4.52 Å². The molecular formula is C21H31N7O3. The van der Waals surface area contributed by atoms with Crippen molar-refractivity contribution in [2.45, 2.75) is 51.5 Å². The van der Waals surface area contributed by atoms with Crippen LogP contribution in [-0.2, 0) is 23.1 Å². The summed E-state index contributed by atoms with van der Waals surface area (Å²) in [6, 6.07) is -0.126. The first-order valence-corrected chi connectivity index (χ1v) is 11.1. The van der Waals surface area contributed by atoms with E-state index >= 15 is 0 Å². The van der Waals surface area contributed by atoms with Gasteiger partial charge >= 0.3 is 0 Å². The molecule has 0 spiro atoms. The van der Waals surface area contributed by atoms with Crippen LogP contribution in [0.4, 0.5) is 5.69 Å². The van der Waals surface area contributed by atoms with Crippen LogP contribution in [0.3, 0.4) is 0 Å². The molecule has 2 aliphatic heterocycles. The first kappa shape index (κ1) is 21.5. The van der Waals surface area contributed by atoms with Crippen molar-refractivity contribution in [3.63, 3.8) is 0 Å². The molecule has 0 saturated carbocycles. The van der Waals surface area contributed by atoms with Crippen LogP contribution in [-0.4, -0.2) is 80.3 Å². The largest absolute Gasteiger partial charge is 0.340 e. The van der Waals surface area contributed by atoms with Crippen LogP contribution in [0.5, 0.6) is 0 Å². The number of carbonyl (C=O) groups is 2. The maximum atomic E-state index is 13.1. The molecule has 168 valence electrons. The molecule has 10 heteroatoms. The molecule has 2 aliphatic rings. The lowest BCUT2D eigenvalue weighted by atomic mass is 10.0. The Morgan fingerprint density at radius 1 is 1.23 bits per heavy atom. The van der Waals surface area contributed by atoms with E-state index in [9.17, 15) is 9.59 Å². The van der Waals surface area contributed by atoms with Crippen molar-refractivity contribution in [1.29, 1.82) is 0 Å². The van der Waals surface area contributed by atoms with E-state index in [-0.39, 0.29) is 23.8 Å². The van der Waals surface area contributed by atoms with Gasteiger partial charge in [0.1, 0.15) is 0 Å². The molecular weight excluding hydrogens is 398 g/mol. The number of rotatable bonds is 6. The summed E-state index contributed by atoms with van der Waals surface area (Å²) in [6.45, 7) is 7.43. The zero-order chi connectivity index (χ0) is 22.0. The highest BCUT2D eigenvalue weighted by Crippen LogP contribution is 2.24. The van der Waals surface area contributed by atoms with Gasteiger partial charge in [-0.15, -0.1) is 0 Å². The second-order valence-electron chi connectivity index (χ2n) is 8.64. The van der Waals surface area contributed by atoms with Gasteiger partial charge in [-0.2, -0.15) is 10.1 Å². The Balaban J connectivity index is 1.27. The SMILES string of the molecule is CC(C)c1noc(CCC(=O)N2CCN([C@@H]3CCCN(c4cnn(C)c4)C3=O)CC2)n1. The molecule has 4 heterocycles. The summed E-state index contributed by atoms with van der Waals surface area (Å²) in [5.41, 5.74) is 0.854. The number of amides is 2. The van der Waals surface area contributed by atoms with Crippen molar-refractivity contribution < 1.29 is 14.1 Å². The minimum atomic E-state index is -0.126. The molecule has 4 rings (SSSR count). The number of anilines is 1. The second-order valence-corrected chi connectivity index (χ2v) is 8.64. The molecule has 0 N–H and O–H groups in total. The Morgan fingerprint density at radius 3 is 2.65 bits per heavy atom. The van der Waals surface area contributed by atoms with Gasteiger partial charge < -0.3 is 14.3 Å². The summed E-state index contributed by atoms with van der Waals surface area (Å²) in [4.78, 5) is 36.0. The van der Waals surface area contributed by atoms with Crippen LogP contribution < -0.4 is 4.90 Å². The van der Waals surface area contributed by atoms with E-state index in [1.807, 2.05) is 36.9 Å². The monoisotopic (exact) mass is 429 g/mol. The molecule has 0 unspecified atom stereocenters. The van der Waals surface area contributed by atoms with Gasteiger partial charge in [0.05, 0.1) is 17.9 Å². The van der Waals surface area contributed by atoms with Gasteiger partial charge in [-0.3, -0.25) is 19.2 Å².